The van der Waals surface area contributed by atoms with Crippen LogP contribution in [0, 0.1) is 6.92 Å². The summed E-state index contributed by atoms with van der Waals surface area (Å²) in [6.45, 7) is 8.92. The molecule has 4 heteroatoms. The van der Waals surface area contributed by atoms with Crippen LogP contribution in [0.15, 0.2) is 18.5 Å². The zero-order chi connectivity index (χ0) is 13.9. The van der Waals surface area contributed by atoms with Crippen molar-refractivity contribution in [3.63, 3.8) is 0 Å². The molecule has 1 aliphatic heterocycles. The van der Waals surface area contributed by atoms with E-state index in [0.717, 1.165) is 18.7 Å². The Hall–Kier alpha value is -0.970. The monoisotopic (exact) mass is 262 g/mol. The highest BCUT2D eigenvalue weighted by atomic mass is 15.3. The van der Waals surface area contributed by atoms with E-state index in [1.165, 1.54) is 24.8 Å². The Morgan fingerprint density at radius 1 is 1.26 bits per heavy atom. The second kappa shape index (κ2) is 5.99. The number of aryl methyl sites for hydroxylation is 1. The van der Waals surface area contributed by atoms with Crippen molar-refractivity contribution in [2.45, 2.75) is 51.6 Å². The van der Waals surface area contributed by atoms with E-state index in [2.05, 4.69) is 42.1 Å². The van der Waals surface area contributed by atoms with Crippen LogP contribution in [0.2, 0.25) is 0 Å². The Morgan fingerprint density at radius 3 is 2.53 bits per heavy atom. The van der Waals surface area contributed by atoms with E-state index >= 15 is 0 Å². The molecule has 0 saturated carbocycles. The van der Waals surface area contributed by atoms with Crippen LogP contribution < -0.4 is 11.3 Å². The van der Waals surface area contributed by atoms with Crippen molar-refractivity contribution in [1.29, 1.82) is 0 Å². The number of hydrogen-bond acceptors (Lipinski definition) is 4. The van der Waals surface area contributed by atoms with Gasteiger partial charge in [0.15, 0.2) is 0 Å². The molecule has 0 amide bonds. The van der Waals surface area contributed by atoms with Crippen LogP contribution in [0.5, 0.6) is 0 Å². The number of pyridine rings is 1. The minimum atomic E-state index is -0.00928. The normalized spacial score (nSPS) is 19.4. The fourth-order valence-electron chi connectivity index (χ4n) is 3.10. The standard InChI is InChI=1S/C15H26N4/c1-12-9-13(11-17-10-12)14(18-16)15(2,3)19-7-5-4-6-8-19/h9-11,14,18H,4-8,16H2,1-3H3. The first-order valence-electron chi connectivity index (χ1n) is 7.18. The third-order valence-corrected chi connectivity index (χ3v) is 4.27. The van der Waals surface area contributed by atoms with E-state index in [9.17, 15) is 0 Å². The predicted octanol–water partition coefficient (Wildman–Crippen LogP) is 2.16. The minimum Gasteiger partial charge on any atom is -0.296 e. The average Bonchev–Trinajstić information content (AvgIpc) is 2.40. The quantitative estimate of drug-likeness (QED) is 0.645. The molecule has 1 aromatic rings. The second-order valence-electron chi connectivity index (χ2n) is 6.10. The van der Waals surface area contributed by atoms with E-state index in [4.69, 9.17) is 5.84 Å². The summed E-state index contributed by atoms with van der Waals surface area (Å²) in [4.78, 5) is 6.84. The lowest BCUT2D eigenvalue weighted by Gasteiger charge is -2.45. The molecule has 0 bridgehead atoms. The maximum Gasteiger partial charge on any atom is 0.0653 e. The van der Waals surface area contributed by atoms with Gasteiger partial charge in [-0.25, -0.2) is 0 Å². The molecule has 0 aliphatic carbocycles. The third-order valence-electron chi connectivity index (χ3n) is 4.27. The highest BCUT2D eigenvalue weighted by Gasteiger charge is 2.36. The smallest absolute Gasteiger partial charge is 0.0653 e. The molecule has 2 heterocycles. The third kappa shape index (κ3) is 3.14. The van der Waals surface area contributed by atoms with E-state index < -0.39 is 0 Å². The summed E-state index contributed by atoms with van der Waals surface area (Å²) >= 11 is 0. The van der Waals surface area contributed by atoms with Crippen molar-refractivity contribution in [1.82, 2.24) is 15.3 Å². The Kier molecular flexibility index (Phi) is 4.55. The van der Waals surface area contributed by atoms with E-state index in [1.807, 2.05) is 12.4 Å². The molecule has 0 radical (unpaired) electrons. The molecule has 1 fully saturated rings. The zero-order valence-corrected chi connectivity index (χ0v) is 12.3. The van der Waals surface area contributed by atoms with E-state index in [0.29, 0.717) is 0 Å². The molecule has 0 aromatic carbocycles. The molecule has 1 atom stereocenters. The highest BCUT2D eigenvalue weighted by Crippen LogP contribution is 2.32. The van der Waals surface area contributed by atoms with Crippen LogP contribution in [-0.2, 0) is 0 Å². The van der Waals surface area contributed by atoms with Gasteiger partial charge in [-0.15, -0.1) is 0 Å². The lowest BCUT2D eigenvalue weighted by atomic mass is 9.86. The molecule has 3 N–H and O–H groups in total. The predicted molar refractivity (Wildman–Crippen MR) is 78.5 cm³/mol. The van der Waals surface area contributed by atoms with Crippen LogP contribution in [0.1, 0.15) is 50.3 Å². The van der Waals surface area contributed by atoms with Crippen LogP contribution in [0.3, 0.4) is 0 Å². The average molecular weight is 262 g/mol. The highest BCUT2D eigenvalue weighted by molar-refractivity contribution is 5.23. The molecule has 19 heavy (non-hydrogen) atoms. The number of rotatable bonds is 4. The van der Waals surface area contributed by atoms with Gasteiger partial charge in [0, 0.05) is 17.9 Å². The summed E-state index contributed by atoms with van der Waals surface area (Å²) in [5, 5.41) is 0. The van der Waals surface area contributed by atoms with Crippen LogP contribution >= 0.6 is 0 Å². The SMILES string of the molecule is Cc1cncc(C(NN)C(C)(C)N2CCCCC2)c1. The maximum atomic E-state index is 5.84. The molecule has 2 rings (SSSR count). The molecule has 106 valence electrons. The fraction of sp³-hybridized carbons (Fsp3) is 0.667. The van der Waals surface area contributed by atoms with Crippen molar-refractivity contribution in [2.75, 3.05) is 13.1 Å². The van der Waals surface area contributed by atoms with Gasteiger partial charge in [0.05, 0.1) is 6.04 Å². The zero-order valence-electron chi connectivity index (χ0n) is 12.3. The summed E-state index contributed by atoms with van der Waals surface area (Å²) in [7, 11) is 0. The Bertz CT molecular complexity index is 410. The van der Waals surface area contributed by atoms with Crippen molar-refractivity contribution in [3.05, 3.63) is 29.6 Å². The first-order valence-corrected chi connectivity index (χ1v) is 7.18. The number of nitrogens with zero attached hydrogens (tertiary/aromatic N) is 2. The largest absolute Gasteiger partial charge is 0.296 e. The van der Waals surface area contributed by atoms with Gasteiger partial charge in [0.2, 0.25) is 0 Å². The second-order valence-corrected chi connectivity index (χ2v) is 6.10. The van der Waals surface area contributed by atoms with Gasteiger partial charge >= 0.3 is 0 Å². The molecule has 1 saturated heterocycles. The summed E-state index contributed by atoms with van der Waals surface area (Å²) in [6, 6.07) is 2.27. The molecule has 4 nitrogen and oxygen atoms in total. The first kappa shape index (κ1) is 14.4. The lowest BCUT2D eigenvalue weighted by Crippen LogP contribution is -2.55. The first-order chi connectivity index (χ1) is 9.05. The van der Waals surface area contributed by atoms with Crippen LogP contribution in [-0.4, -0.2) is 28.5 Å². The minimum absolute atomic E-state index is 0.00928. The Labute approximate surface area is 116 Å². The number of nitrogens with one attached hydrogen (secondary N) is 1. The Morgan fingerprint density at radius 2 is 1.95 bits per heavy atom. The number of hydrazine groups is 1. The number of aromatic nitrogens is 1. The van der Waals surface area contributed by atoms with Gasteiger partial charge in [-0.1, -0.05) is 12.5 Å². The van der Waals surface area contributed by atoms with E-state index in [1.54, 1.807) is 0 Å². The number of likely N-dealkylation sites (tertiary alicyclic amines) is 1. The molecule has 1 aromatic heterocycles. The molecule has 0 spiro atoms. The van der Waals surface area contributed by atoms with Crippen molar-refractivity contribution < 1.29 is 0 Å². The van der Waals surface area contributed by atoms with Crippen LogP contribution in [0.4, 0.5) is 0 Å². The van der Waals surface area contributed by atoms with Gasteiger partial charge in [-0.3, -0.25) is 21.2 Å². The summed E-state index contributed by atoms with van der Waals surface area (Å²) in [6.07, 6.45) is 7.72. The summed E-state index contributed by atoms with van der Waals surface area (Å²) in [5.74, 6) is 5.84. The summed E-state index contributed by atoms with van der Waals surface area (Å²) in [5.41, 5.74) is 5.33. The number of piperidine rings is 1. The molecular formula is C15H26N4. The van der Waals surface area contributed by atoms with Crippen molar-refractivity contribution in [3.8, 4) is 0 Å². The maximum absolute atomic E-state index is 5.84. The lowest BCUT2D eigenvalue weighted by molar-refractivity contribution is 0.0607. The van der Waals surface area contributed by atoms with Crippen LogP contribution in [0.25, 0.3) is 0 Å². The van der Waals surface area contributed by atoms with Gasteiger partial charge < -0.3 is 0 Å². The number of hydrogen-bond donors (Lipinski definition) is 2. The molecule has 1 unspecified atom stereocenters. The van der Waals surface area contributed by atoms with E-state index in [-0.39, 0.29) is 11.6 Å². The van der Waals surface area contributed by atoms with Gasteiger partial charge in [-0.05, 0) is 57.8 Å². The van der Waals surface area contributed by atoms with Gasteiger partial charge in [0.25, 0.3) is 0 Å². The fourth-order valence-corrected chi connectivity index (χ4v) is 3.10. The van der Waals surface area contributed by atoms with Gasteiger partial charge in [0.1, 0.15) is 0 Å². The Balaban J connectivity index is 2.24. The van der Waals surface area contributed by atoms with Gasteiger partial charge in [-0.2, -0.15) is 0 Å². The summed E-state index contributed by atoms with van der Waals surface area (Å²) < 4.78 is 0. The topological polar surface area (TPSA) is 54.2 Å². The molecular weight excluding hydrogens is 236 g/mol. The van der Waals surface area contributed by atoms with Crippen molar-refractivity contribution in [2.24, 2.45) is 5.84 Å². The van der Waals surface area contributed by atoms with Crippen molar-refractivity contribution >= 4 is 0 Å². The molecule has 1 aliphatic rings. The number of nitrogens with two attached hydrogens (primary N) is 1.